The second-order valence-electron chi connectivity index (χ2n) is 7.44. The maximum absolute atomic E-state index is 12.4. The maximum atomic E-state index is 12.4. The van der Waals surface area contributed by atoms with E-state index in [1.807, 2.05) is 30.3 Å². The number of urea groups is 1. The lowest BCUT2D eigenvalue weighted by Crippen LogP contribution is -2.40. The maximum Gasteiger partial charge on any atom is 0.319 e. The third kappa shape index (κ3) is 7.58. The molecule has 3 aromatic rings. The van der Waals surface area contributed by atoms with Crippen LogP contribution in [0.1, 0.15) is 6.42 Å². The molecule has 0 bridgehead atoms. The van der Waals surface area contributed by atoms with Gasteiger partial charge in [-0.25, -0.2) is 23.5 Å². The highest BCUT2D eigenvalue weighted by atomic mass is 19.2. The molecular formula is C24H27F2N5O2. The van der Waals surface area contributed by atoms with Gasteiger partial charge in [-0.15, -0.1) is 0 Å². The van der Waals surface area contributed by atoms with Gasteiger partial charge in [0.25, 0.3) is 0 Å². The van der Waals surface area contributed by atoms with Crippen molar-refractivity contribution in [2.45, 2.75) is 12.5 Å². The zero-order valence-electron chi connectivity index (χ0n) is 18.4. The van der Waals surface area contributed by atoms with Gasteiger partial charge in [0.05, 0.1) is 24.2 Å². The number of hydrogen-bond acceptors (Lipinski definition) is 5. The monoisotopic (exact) mass is 455 g/mol. The number of rotatable bonds is 6. The largest absolute Gasteiger partial charge is 0.383 e. The quantitative estimate of drug-likeness (QED) is 0.589. The van der Waals surface area contributed by atoms with Crippen molar-refractivity contribution < 1.29 is 18.3 Å². The van der Waals surface area contributed by atoms with Gasteiger partial charge in [0.2, 0.25) is 0 Å². The molecule has 1 aromatic heterocycles. The van der Waals surface area contributed by atoms with Crippen LogP contribution >= 0.6 is 0 Å². The summed E-state index contributed by atoms with van der Waals surface area (Å²) in [7, 11) is 1.70. The Labute approximate surface area is 191 Å². The lowest BCUT2D eigenvalue weighted by Gasteiger charge is -2.17. The lowest BCUT2D eigenvalue weighted by molar-refractivity contribution is 0.160. The number of nitrogens with one attached hydrogen (secondary N) is 2. The fraction of sp³-hybridized carbons (Fsp3) is 0.292. The van der Waals surface area contributed by atoms with Crippen molar-refractivity contribution in [3.8, 4) is 11.3 Å². The topological polar surface area (TPSA) is 79.4 Å². The highest BCUT2D eigenvalue weighted by molar-refractivity contribution is 5.93. The Bertz CT molecular complexity index is 1000. The van der Waals surface area contributed by atoms with Gasteiger partial charge in [0.1, 0.15) is 6.33 Å². The van der Waals surface area contributed by atoms with E-state index in [0.29, 0.717) is 18.0 Å². The predicted molar refractivity (Wildman–Crippen MR) is 123 cm³/mol. The molecule has 1 atom stereocenters. The van der Waals surface area contributed by atoms with E-state index in [2.05, 4.69) is 25.5 Å². The first-order valence-electron chi connectivity index (χ1n) is 10.6. The van der Waals surface area contributed by atoms with Crippen LogP contribution in [0.25, 0.3) is 11.3 Å². The van der Waals surface area contributed by atoms with Crippen molar-refractivity contribution in [1.82, 2.24) is 20.2 Å². The number of methoxy groups -OCH3 is 1. The van der Waals surface area contributed by atoms with Gasteiger partial charge in [-0.3, -0.25) is 4.90 Å². The second-order valence-corrected chi connectivity index (χ2v) is 7.44. The zero-order chi connectivity index (χ0) is 23.5. The number of benzene rings is 2. The number of carbonyl (C=O) groups is 1. The van der Waals surface area contributed by atoms with E-state index < -0.39 is 11.6 Å². The van der Waals surface area contributed by atoms with Gasteiger partial charge >= 0.3 is 6.03 Å². The molecule has 0 aliphatic carbocycles. The van der Waals surface area contributed by atoms with E-state index in [4.69, 9.17) is 4.74 Å². The molecule has 1 unspecified atom stereocenters. The summed E-state index contributed by atoms with van der Waals surface area (Å²) in [5.74, 6) is -1.60. The number of likely N-dealkylation sites (tertiary alicyclic amines) is 1. The van der Waals surface area contributed by atoms with Crippen LogP contribution in [0.5, 0.6) is 0 Å². The van der Waals surface area contributed by atoms with Gasteiger partial charge in [-0.05, 0) is 18.6 Å². The van der Waals surface area contributed by atoms with E-state index in [1.54, 1.807) is 13.3 Å². The number of amides is 2. The molecule has 2 aromatic carbocycles. The summed E-state index contributed by atoms with van der Waals surface area (Å²) >= 11 is 0. The second kappa shape index (κ2) is 12.6. The molecule has 33 heavy (non-hydrogen) atoms. The molecule has 1 aliphatic heterocycles. The molecule has 174 valence electrons. The number of halogens is 2. The summed E-state index contributed by atoms with van der Waals surface area (Å²) in [6.45, 7) is 3.41. The molecule has 1 saturated heterocycles. The molecule has 0 radical (unpaired) electrons. The minimum absolute atomic E-state index is 0.140. The Hall–Kier alpha value is -3.43. The molecule has 2 heterocycles. The van der Waals surface area contributed by atoms with Crippen LogP contribution in [0.2, 0.25) is 0 Å². The number of ether oxygens (including phenoxy) is 1. The number of aromatic nitrogens is 2. The average molecular weight is 456 g/mol. The number of anilines is 1. The van der Waals surface area contributed by atoms with Crippen molar-refractivity contribution in [3.05, 3.63) is 78.8 Å². The minimum atomic E-state index is -0.799. The van der Waals surface area contributed by atoms with Gasteiger partial charge in [-0.2, -0.15) is 0 Å². The van der Waals surface area contributed by atoms with Crippen LogP contribution in [0.4, 0.5) is 19.3 Å². The average Bonchev–Trinajstić information content (AvgIpc) is 3.28. The molecule has 2 amide bonds. The number of hydrogen-bond donors (Lipinski definition) is 2. The molecule has 0 spiro atoms. The van der Waals surface area contributed by atoms with Crippen LogP contribution in [-0.2, 0) is 4.74 Å². The van der Waals surface area contributed by atoms with Crippen LogP contribution in [-0.4, -0.2) is 60.3 Å². The summed E-state index contributed by atoms with van der Waals surface area (Å²) in [4.78, 5) is 23.0. The normalized spacial score (nSPS) is 15.4. The third-order valence-corrected chi connectivity index (χ3v) is 5.05. The first kappa shape index (κ1) is 24.2. The minimum Gasteiger partial charge on any atom is -0.383 e. The summed E-state index contributed by atoms with van der Waals surface area (Å²) in [5.41, 5.74) is 2.24. The highest BCUT2D eigenvalue weighted by Gasteiger charge is 2.23. The van der Waals surface area contributed by atoms with Crippen LogP contribution in [0.3, 0.4) is 0 Å². The van der Waals surface area contributed by atoms with Crippen molar-refractivity contribution in [3.63, 3.8) is 0 Å². The Kier molecular flexibility index (Phi) is 9.22. The Morgan fingerprint density at radius 3 is 2.48 bits per heavy atom. The van der Waals surface area contributed by atoms with Gasteiger partial charge in [-0.1, -0.05) is 42.5 Å². The smallest absolute Gasteiger partial charge is 0.319 e. The predicted octanol–water partition coefficient (Wildman–Crippen LogP) is 3.95. The van der Waals surface area contributed by atoms with E-state index in [1.165, 1.54) is 18.5 Å². The van der Waals surface area contributed by atoms with Crippen molar-refractivity contribution in [1.29, 1.82) is 0 Å². The number of nitrogens with zero attached hydrogens (tertiary/aromatic N) is 3. The first-order valence-corrected chi connectivity index (χ1v) is 10.6. The summed E-state index contributed by atoms with van der Waals surface area (Å²) in [6.07, 6.45) is 4.04. The Balaban J connectivity index is 0.000000323. The summed E-state index contributed by atoms with van der Waals surface area (Å²) in [6, 6.07) is 14.7. The lowest BCUT2D eigenvalue weighted by atomic mass is 10.1. The van der Waals surface area contributed by atoms with Crippen LogP contribution < -0.4 is 10.6 Å². The van der Waals surface area contributed by atoms with Gasteiger partial charge in [0.15, 0.2) is 11.6 Å². The Morgan fingerprint density at radius 2 is 1.82 bits per heavy atom. The summed E-state index contributed by atoms with van der Waals surface area (Å²) < 4.78 is 29.0. The zero-order valence-corrected chi connectivity index (χ0v) is 18.4. The SMILES string of the molecule is COCCN1CCC(NC(=O)Nc2cncnc2-c2ccccc2)C1.Fc1ccccc1F. The summed E-state index contributed by atoms with van der Waals surface area (Å²) in [5, 5.41) is 5.90. The van der Waals surface area contributed by atoms with Crippen LogP contribution in [0.15, 0.2) is 67.1 Å². The Morgan fingerprint density at radius 1 is 1.12 bits per heavy atom. The molecule has 9 heteroatoms. The fourth-order valence-corrected chi connectivity index (χ4v) is 3.40. The molecule has 0 saturated carbocycles. The molecule has 4 rings (SSSR count). The fourth-order valence-electron chi connectivity index (χ4n) is 3.40. The molecular weight excluding hydrogens is 428 g/mol. The highest BCUT2D eigenvalue weighted by Crippen LogP contribution is 2.24. The van der Waals surface area contributed by atoms with Crippen molar-refractivity contribution >= 4 is 11.7 Å². The van der Waals surface area contributed by atoms with Gasteiger partial charge < -0.3 is 15.4 Å². The molecule has 1 aliphatic rings. The van der Waals surface area contributed by atoms with E-state index in [9.17, 15) is 13.6 Å². The van der Waals surface area contributed by atoms with Gasteiger partial charge in [0, 0.05) is 38.3 Å². The van der Waals surface area contributed by atoms with E-state index in [0.717, 1.165) is 43.8 Å². The van der Waals surface area contributed by atoms with E-state index in [-0.39, 0.29) is 12.1 Å². The molecule has 1 fully saturated rings. The van der Waals surface area contributed by atoms with E-state index >= 15 is 0 Å². The molecule has 7 nitrogen and oxygen atoms in total. The standard InChI is InChI=1S/C18H23N5O2.C6H4F2/c1-25-10-9-23-8-7-15(12-23)21-18(24)22-16-11-19-13-20-17(16)14-5-3-2-4-6-14;7-5-3-1-2-4-6(5)8/h2-6,11,13,15H,7-10,12H2,1H3,(H2,21,22,24);1-4H. The van der Waals surface area contributed by atoms with Crippen molar-refractivity contribution in [2.24, 2.45) is 0 Å². The number of carbonyl (C=O) groups excluding carboxylic acids is 1. The molecule has 2 N–H and O–H groups in total. The van der Waals surface area contributed by atoms with Crippen molar-refractivity contribution in [2.75, 3.05) is 38.7 Å². The third-order valence-electron chi connectivity index (χ3n) is 5.05. The van der Waals surface area contributed by atoms with Crippen LogP contribution in [0, 0.1) is 11.6 Å². The first-order chi connectivity index (χ1) is 16.1.